The number of methoxy groups -OCH3 is 1. The van der Waals surface area contributed by atoms with Gasteiger partial charge in [0.1, 0.15) is 15.6 Å². The molecule has 1 heterocycles. The smallest absolute Gasteiger partial charge is 0.387 e. The molecule has 0 radical (unpaired) electrons. The minimum Gasteiger partial charge on any atom is -0.465 e. The first-order chi connectivity index (χ1) is 9.10. The van der Waals surface area contributed by atoms with E-state index in [4.69, 9.17) is 0 Å². The summed E-state index contributed by atoms with van der Waals surface area (Å²) in [5, 5.41) is 0.601. The van der Waals surface area contributed by atoms with Crippen molar-refractivity contribution in [2.75, 3.05) is 7.11 Å². The first-order valence-electron chi connectivity index (χ1n) is 5.19. The number of rotatable bonds is 4. The van der Waals surface area contributed by atoms with Crippen LogP contribution in [-0.4, -0.2) is 24.7 Å². The van der Waals surface area contributed by atoms with Gasteiger partial charge in [-0.3, -0.25) is 0 Å². The van der Waals surface area contributed by atoms with Crippen LogP contribution in [0, 0.1) is 0 Å². The number of hydrogen-bond acceptors (Lipinski definition) is 5. The summed E-state index contributed by atoms with van der Waals surface area (Å²) in [4.78, 5) is 15.7. The van der Waals surface area contributed by atoms with E-state index in [9.17, 15) is 13.6 Å². The number of halogens is 2. The molecule has 0 N–H and O–H groups in total. The molecule has 0 unspecified atom stereocenters. The van der Waals surface area contributed by atoms with Crippen molar-refractivity contribution in [3.63, 3.8) is 0 Å². The largest absolute Gasteiger partial charge is 0.465 e. The summed E-state index contributed by atoms with van der Waals surface area (Å²) in [5.74, 6) is -0.384. The number of carbonyl (C=O) groups is 1. The number of thiazole rings is 1. The van der Waals surface area contributed by atoms with E-state index >= 15 is 0 Å². The van der Waals surface area contributed by atoms with Gasteiger partial charge in [-0.15, -0.1) is 11.3 Å². The highest BCUT2D eigenvalue weighted by atomic mass is 32.1. The zero-order chi connectivity index (χ0) is 13.8. The fourth-order valence-corrected chi connectivity index (χ4v) is 2.22. The van der Waals surface area contributed by atoms with Crippen LogP contribution in [0.5, 0.6) is 5.75 Å². The lowest BCUT2D eigenvalue weighted by atomic mass is 10.2. The second-order valence-electron chi connectivity index (χ2n) is 3.42. The molecule has 2 aromatic rings. The average Bonchev–Trinajstić information content (AvgIpc) is 2.87. The van der Waals surface area contributed by atoms with Gasteiger partial charge in [0.15, 0.2) is 0 Å². The molecule has 1 aromatic heterocycles. The first kappa shape index (κ1) is 13.4. The number of aromatic nitrogens is 1. The van der Waals surface area contributed by atoms with E-state index < -0.39 is 12.6 Å². The molecule has 0 fully saturated rings. The zero-order valence-corrected chi connectivity index (χ0v) is 10.6. The fraction of sp³-hybridized carbons (Fsp3) is 0.167. The second-order valence-corrected chi connectivity index (χ2v) is 4.45. The van der Waals surface area contributed by atoms with Crippen LogP contribution in [0.25, 0.3) is 10.6 Å². The number of benzene rings is 1. The topological polar surface area (TPSA) is 48.4 Å². The Kier molecular flexibility index (Phi) is 4.06. The highest BCUT2D eigenvalue weighted by molar-refractivity contribution is 7.16. The zero-order valence-electron chi connectivity index (χ0n) is 9.80. The summed E-state index contributed by atoms with van der Waals surface area (Å²) in [5.41, 5.74) is 0.710. The predicted octanol–water partition coefficient (Wildman–Crippen LogP) is 3.20. The van der Waals surface area contributed by atoms with Crippen LogP contribution in [0.15, 0.2) is 30.5 Å². The van der Waals surface area contributed by atoms with Crippen molar-refractivity contribution in [2.45, 2.75) is 6.61 Å². The van der Waals surface area contributed by atoms with Crippen LogP contribution in [-0.2, 0) is 4.74 Å². The molecule has 2 rings (SSSR count). The Labute approximate surface area is 111 Å². The summed E-state index contributed by atoms with van der Waals surface area (Å²) in [6.45, 7) is -2.85. The maximum absolute atomic E-state index is 12.0. The molecule has 0 bridgehead atoms. The van der Waals surface area contributed by atoms with E-state index in [-0.39, 0.29) is 5.75 Å². The van der Waals surface area contributed by atoms with Gasteiger partial charge in [-0.25, -0.2) is 9.78 Å². The Morgan fingerprint density at radius 2 is 2.00 bits per heavy atom. The molecule has 100 valence electrons. The third kappa shape index (κ3) is 3.25. The molecule has 19 heavy (non-hydrogen) atoms. The standard InChI is InChI=1S/C12H9F2NO3S/c1-17-11(16)9-6-15-10(19-9)7-2-4-8(5-3-7)18-12(13)14/h2-6,12H,1H3. The van der Waals surface area contributed by atoms with Crippen LogP contribution in [0.4, 0.5) is 8.78 Å². The van der Waals surface area contributed by atoms with Gasteiger partial charge in [-0.1, -0.05) is 0 Å². The van der Waals surface area contributed by atoms with Crippen LogP contribution >= 0.6 is 11.3 Å². The molecule has 0 aliphatic carbocycles. The monoisotopic (exact) mass is 285 g/mol. The molecule has 1 aromatic carbocycles. The van der Waals surface area contributed by atoms with Crippen molar-refractivity contribution < 1.29 is 23.0 Å². The van der Waals surface area contributed by atoms with Gasteiger partial charge in [0.25, 0.3) is 0 Å². The first-order valence-corrected chi connectivity index (χ1v) is 6.01. The van der Waals surface area contributed by atoms with Gasteiger partial charge in [0.05, 0.1) is 13.3 Å². The van der Waals surface area contributed by atoms with Gasteiger partial charge in [0, 0.05) is 5.56 Å². The molecular weight excluding hydrogens is 276 g/mol. The summed E-state index contributed by atoms with van der Waals surface area (Å²) >= 11 is 1.16. The molecule has 0 aliphatic heterocycles. The van der Waals surface area contributed by atoms with Crippen molar-refractivity contribution in [1.82, 2.24) is 4.98 Å². The summed E-state index contributed by atoms with van der Waals surface area (Å²) in [6, 6.07) is 6.02. The molecular formula is C12H9F2NO3S. The maximum atomic E-state index is 12.0. The van der Waals surface area contributed by atoms with E-state index in [1.54, 1.807) is 12.1 Å². The summed E-state index contributed by atoms with van der Waals surface area (Å²) in [7, 11) is 1.29. The van der Waals surface area contributed by atoms with Crippen LogP contribution in [0.1, 0.15) is 9.67 Å². The number of alkyl halides is 2. The molecule has 0 spiro atoms. The Morgan fingerprint density at radius 1 is 1.32 bits per heavy atom. The molecule has 0 saturated heterocycles. The molecule has 7 heteroatoms. The van der Waals surface area contributed by atoms with Crippen molar-refractivity contribution in [3.8, 4) is 16.3 Å². The van der Waals surface area contributed by atoms with E-state index in [1.807, 2.05) is 0 Å². The van der Waals surface area contributed by atoms with Gasteiger partial charge in [-0.05, 0) is 24.3 Å². The fourth-order valence-electron chi connectivity index (χ4n) is 1.38. The Bertz CT molecular complexity index is 569. The Hall–Kier alpha value is -2.02. The highest BCUT2D eigenvalue weighted by Gasteiger charge is 2.12. The number of nitrogens with zero attached hydrogens (tertiary/aromatic N) is 1. The minimum absolute atomic E-state index is 0.0727. The Balaban J connectivity index is 2.18. The lowest BCUT2D eigenvalue weighted by molar-refractivity contribution is -0.0498. The second kappa shape index (κ2) is 5.75. The van der Waals surface area contributed by atoms with Crippen molar-refractivity contribution in [1.29, 1.82) is 0 Å². The van der Waals surface area contributed by atoms with E-state index in [2.05, 4.69) is 14.5 Å². The molecule has 0 amide bonds. The third-order valence-electron chi connectivity index (χ3n) is 2.22. The quantitative estimate of drug-likeness (QED) is 0.809. The van der Waals surface area contributed by atoms with Crippen molar-refractivity contribution in [3.05, 3.63) is 35.3 Å². The van der Waals surface area contributed by atoms with E-state index in [0.29, 0.717) is 15.4 Å². The number of ether oxygens (including phenoxy) is 2. The van der Waals surface area contributed by atoms with Crippen LogP contribution in [0.2, 0.25) is 0 Å². The predicted molar refractivity (Wildman–Crippen MR) is 65.5 cm³/mol. The lowest BCUT2D eigenvalue weighted by Gasteiger charge is -2.04. The molecule has 0 saturated carbocycles. The number of hydrogen-bond donors (Lipinski definition) is 0. The van der Waals surface area contributed by atoms with Gasteiger partial charge in [-0.2, -0.15) is 8.78 Å². The van der Waals surface area contributed by atoms with Crippen molar-refractivity contribution >= 4 is 17.3 Å². The van der Waals surface area contributed by atoms with E-state index in [1.165, 1.54) is 25.4 Å². The van der Waals surface area contributed by atoms with Gasteiger partial charge < -0.3 is 9.47 Å². The normalized spacial score (nSPS) is 10.5. The summed E-state index contributed by atoms with van der Waals surface area (Å²) < 4.78 is 32.8. The Morgan fingerprint density at radius 3 is 2.58 bits per heavy atom. The van der Waals surface area contributed by atoms with Gasteiger partial charge >= 0.3 is 12.6 Å². The van der Waals surface area contributed by atoms with Crippen LogP contribution < -0.4 is 4.74 Å². The SMILES string of the molecule is COC(=O)c1cnc(-c2ccc(OC(F)F)cc2)s1. The van der Waals surface area contributed by atoms with Crippen molar-refractivity contribution in [2.24, 2.45) is 0 Å². The van der Waals surface area contributed by atoms with Gasteiger partial charge in [0.2, 0.25) is 0 Å². The molecule has 4 nitrogen and oxygen atoms in total. The number of esters is 1. The van der Waals surface area contributed by atoms with E-state index in [0.717, 1.165) is 11.3 Å². The van der Waals surface area contributed by atoms with Crippen LogP contribution in [0.3, 0.4) is 0 Å². The summed E-state index contributed by atoms with van der Waals surface area (Å²) in [6.07, 6.45) is 1.41. The highest BCUT2D eigenvalue weighted by Crippen LogP contribution is 2.27. The lowest BCUT2D eigenvalue weighted by Crippen LogP contribution is -2.01. The molecule has 0 aliphatic rings. The minimum atomic E-state index is -2.85. The number of carbonyl (C=O) groups excluding carboxylic acids is 1. The maximum Gasteiger partial charge on any atom is 0.387 e. The molecule has 0 atom stereocenters. The average molecular weight is 285 g/mol. The third-order valence-corrected chi connectivity index (χ3v) is 3.25.